The highest BCUT2D eigenvalue weighted by atomic mass is 16.1. The van der Waals surface area contributed by atoms with Crippen molar-refractivity contribution in [2.75, 3.05) is 18.4 Å². The number of hydrogen-bond donors (Lipinski definition) is 1. The average molecular weight is 285 g/mol. The maximum atomic E-state index is 12.1. The van der Waals surface area contributed by atoms with Gasteiger partial charge in [0.05, 0.1) is 0 Å². The van der Waals surface area contributed by atoms with Crippen molar-refractivity contribution < 1.29 is 9.59 Å². The number of benzene rings is 1. The second kappa shape index (κ2) is 7.85. The van der Waals surface area contributed by atoms with E-state index in [1.165, 1.54) is 6.92 Å². The van der Waals surface area contributed by atoms with Gasteiger partial charge in [-0.3, -0.25) is 9.59 Å². The van der Waals surface area contributed by atoms with Crippen molar-refractivity contribution in [2.45, 2.75) is 20.8 Å². The van der Waals surface area contributed by atoms with Crippen LogP contribution in [0.4, 0.5) is 5.69 Å². The molecule has 21 heavy (non-hydrogen) atoms. The lowest BCUT2D eigenvalue weighted by atomic mass is 10.1. The van der Waals surface area contributed by atoms with Crippen LogP contribution >= 0.6 is 0 Å². The molecular weight excluding hydrogens is 266 g/mol. The smallest absolute Gasteiger partial charge is 0.267 e. The normalized spacial score (nSPS) is 10.7. The number of amides is 1. The van der Waals surface area contributed by atoms with E-state index in [4.69, 9.17) is 5.26 Å². The Bertz CT molecular complexity index is 596. The summed E-state index contributed by atoms with van der Waals surface area (Å²) in [6.45, 7) is 6.79. The Morgan fingerprint density at radius 3 is 2.52 bits per heavy atom. The third-order valence-corrected chi connectivity index (χ3v) is 3.02. The molecule has 0 aliphatic rings. The molecule has 0 bridgehead atoms. The van der Waals surface area contributed by atoms with E-state index in [0.717, 1.165) is 13.1 Å². The fourth-order valence-electron chi connectivity index (χ4n) is 1.74. The number of Topliss-reactive ketones (excluding diaryl/α,β-unsaturated/α-hetero) is 1. The summed E-state index contributed by atoms with van der Waals surface area (Å²) in [5.41, 5.74) is 1.04. The average Bonchev–Trinajstić information content (AvgIpc) is 2.48. The predicted octanol–water partition coefficient (Wildman–Crippen LogP) is 2.58. The summed E-state index contributed by atoms with van der Waals surface area (Å²) in [5, 5.41) is 11.7. The fraction of sp³-hybridized carbons (Fsp3) is 0.312. The van der Waals surface area contributed by atoms with Crippen LogP contribution in [0.15, 0.2) is 36.0 Å². The number of rotatable bonds is 6. The molecule has 110 valence electrons. The second-order valence-electron chi connectivity index (χ2n) is 4.47. The van der Waals surface area contributed by atoms with E-state index in [2.05, 4.69) is 5.32 Å². The minimum atomic E-state index is -0.481. The van der Waals surface area contributed by atoms with Crippen LogP contribution in [0.3, 0.4) is 0 Å². The largest absolute Gasteiger partial charge is 0.377 e. The monoisotopic (exact) mass is 285 g/mol. The lowest BCUT2D eigenvalue weighted by molar-refractivity contribution is -0.112. The van der Waals surface area contributed by atoms with E-state index >= 15 is 0 Å². The molecular formula is C16H19N3O2. The summed E-state index contributed by atoms with van der Waals surface area (Å²) in [4.78, 5) is 25.3. The SMILES string of the molecule is CCN(/C=C(/C#N)C(=O)Nc1cccc(C(C)=O)c1)CC. The zero-order chi connectivity index (χ0) is 15.8. The van der Waals surface area contributed by atoms with Gasteiger partial charge in [0.2, 0.25) is 0 Å². The lowest BCUT2D eigenvalue weighted by Gasteiger charge is -2.15. The first kappa shape index (κ1) is 16.4. The Kier molecular flexibility index (Phi) is 6.15. The lowest BCUT2D eigenvalue weighted by Crippen LogP contribution is -2.20. The van der Waals surface area contributed by atoms with Gasteiger partial charge in [0.25, 0.3) is 5.91 Å². The fourth-order valence-corrected chi connectivity index (χ4v) is 1.74. The van der Waals surface area contributed by atoms with E-state index < -0.39 is 5.91 Å². The minimum Gasteiger partial charge on any atom is -0.377 e. The highest BCUT2D eigenvalue weighted by molar-refractivity contribution is 6.07. The summed E-state index contributed by atoms with van der Waals surface area (Å²) < 4.78 is 0. The molecule has 0 spiro atoms. The molecule has 0 radical (unpaired) electrons. The number of nitrogens with one attached hydrogen (secondary N) is 1. The highest BCUT2D eigenvalue weighted by Gasteiger charge is 2.11. The first-order chi connectivity index (χ1) is 10.0. The Morgan fingerprint density at radius 2 is 2.00 bits per heavy atom. The van der Waals surface area contributed by atoms with E-state index in [9.17, 15) is 9.59 Å². The summed E-state index contributed by atoms with van der Waals surface area (Å²) in [6, 6.07) is 8.53. The van der Waals surface area contributed by atoms with Crippen molar-refractivity contribution in [3.05, 3.63) is 41.6 Å². The van der Waals surface area contributed by atoms with E-state index in [1.807, 2.05) is 24.8 Å². The zero-order valence-corrected chi connectivity index (χ0v) is 12.5. The summed E-state index contributed by atoms with van der Waals surface area (Å²) >= 11 is 0. The van der Waals surface area contributed by atoms with Crippen LogP contribution < -0.4 is 5.32 Å². The standard InChI is InChI=1S/C16H19N3O2/c1-4-19(5-2)11-14(10-17)16(21)18-15-8-6-7-13(9-15)12(3)20/h6-9,11H,4-5H2,1-3H3,(H,18,21)/b14-11-. The van der Waals surface area contributed by atoms with Crippen molar-refractivity contribution in [3.8, 4) is 6.07 Å². The van der Waals surface area contributed by atoms with Crippen LogP contribution in [-0.4, -0.2) is 29.7 Å². The van der Waals surface area contributed by atoms with Gasteiger partial charge in [-0.2, -0.15) is 5.26 Å². The van der Waals surface area contributed by atoms with E-state index in [-0.39, 0.29) is 11.4 Å². The van der Waals surface area contributed by atoms with Gasteiger partial charge in [-0.1, -0.05) is 12.1 Å². The number of hydrogen-bond acceptors (Lipinski definition) is 4. The number of nitriles is 1. The molecule has 0 unspecified atom stereocenters. The van der Waals surface area contributed by atoms with Gasteiger partial charge in [-0.05, 0) is 32.9 Å². The molecule has 0 fully saturated rings. The minimum absolute atomic E-state index is 0.0342. The molecule has 1 amide bonds. The van der Waals surface area contributed by atoms with Gasteiger partial charge in [0.1, 0.15) is 11.6 Å². The molecule has 0 aliphatic heterocycles. The summed E-state index contributed by atoms with van der Waals surface area (Å²) in [6.07, 6.45) is 1.55. The Labute approximate surface area is 124 Å². The molecule has 0 heterocycles. The van der Waals surface area contributed by atoms with Crippen LogP contribution in [0.2, 0.25) is 0 Å². The number of carbonyl (C=O) groups excluding carboxylic acids is 2. The van der Waals surface area contributed by atoms with Crippen LogP contribution in [0.1, 0.15) is 31.1 Å². The Morgan fingerprint density at radius 1 is 1.33 bits per heavy atom. The first-order valence-corrected chi connectivity index (χ1v) is 6.80. The number of nitrogens with zero attached hydrogens (tertiary/aromatic N) is 2. The molecule has 1 rings (SSSR count). The second-order valence-corrected chi connectivity index (χ2v) is 4.47. The van der Waals surface area contributed by atoms with Crippen LogP contribution in [0.25, 0.3) is 0 Å². The van der Waals surface area contributed by atoms with Crippen molar-refractivity contribution in [1.82, 2.24) is 4.90 Å². The third kappa shape index (κ3) is 4.77. The summed E-state index contributed by atoms with van der Waals surface area (Å²) in [7, 11) is 0. The molecule has 5 nitrogen and oxygen atoms in total. The molecule has 1 aromatic carbocycles. The molecule has 1 N–H and O–H groups in total. The molecule has 0 saturated carbocycles. The van der Waals surface area contributed by atoms with Gasteiger partial charge in [0, 0.05) is 30.5 Å². The molecule has 1 aromatic rings. The van der Waals surface area contributed by atoms with Crippen molar-refractivity contribution in [3.63, 3.8) is 0 Å². The van der Waals surface area contributed by atoms with E-state index in [0.29, 0.717) is 11.3 Å². The van der Waals surface area contributed by atoms with Crippen LogP contribution in [0.5, 0.6) is 0 Å². The van der Waals surface area contributed by atoms with Crippen molar-refractivity contribution in [1.29, 1.82) is 5.26 Å². The zero-order valence-electron chi connectivity index (χ0n) is 12.5. The molecule has 0 atom stereocenters. The topological polar surface area (TPSA) is 73.2 Å². The summed E-state index contributed by atoms with van der Waals surface area (Å²) in [5.74, 6) is -0.560. The van der Waals surface area contributed by atoms with Crippen molar-refractivity contribution in [2.24, 2.45) is 0 Å². The molecule has 0 aromatic heterocycles. The molecule has 0 aliphatic carbocycles. The number of carbonyl (C=O) groups is 2. The first-order valence-electron chi connectivity index (χ1n) is 6.80. The van der Waals surface area contributed by atoms with Gasteiger partial charge in [-0.15, -0.1) is 0 Å². The maximum absolute atomic E-state index is 12.1. The predicted molar refractivity (Wildman–Crippen MR) is 81.7 cm³/mol. The quantitative estimate of drug-likeness (QED) is 0.495. The van der Waals surface area contributed by atoms with Gasteiger partial charge in [0.15, 0.2) is 5.78 Å². The maximum Gasteiger partial charge on any atom is 0.267 e. The Balaban J connectivity index is 2.91. The number of ketones is 1. The molecule has 5 heteroatoms. The highest BCUT2D eigenvalue weighted by Crippen LogP contribution is 2.12. The van der Waals surface area contributed by atoms with E-state index in [1.54, 1.807) is 30.5 Å². The molecule has 0 saturated heterocycles. The Hall–Kier alpha value is -2.61. The number of anilines is 1. The van der Waals surface area contributed by atoms with Crippen LogP contribution in [-0.2, 0) is 4.79 Å². The third-order valence-electron chi connectivity index (χ3n) is 3.02. The van der Waals surface area contributed by atoms with Gasteiger partial charge >= 0.3 is 0 Å². The van der Waals surface area contributed by atoms with Crippen molar-refractivity contribution >= 4 is 17.4 Å². The van der Waals surface area contributed by atoms with Gasteiger partial charge < -0.3 is 10.2 Å². The van der Waals surface area contributed by atoms with Gasteiger partial charge in [-0.25, -0.2) is 0 Å². The van der Waals surface area contributed by atoms with Crippen LogP contribution in [0, 0.1) is 11.3 Å².